The summed E-state index contributed by atoms with van der Waals surface area (Å²) in [6.07, 6.45) is 3.51. The standard InChI is InChI=1S/C22H28N4O2/c1-16-20(17(2)28-23-16)15-25-10-12-26(13-11-25)22(27)9-8-18-14-24(3)21-7-5-4-6-19(18)21/h4-7,14H,8-13,15H2,1-3H3. The predicted octanol–water partition coefficient (Wildman–Crippen LogP) is 3.06. The lowest BCUT2D eigenvalue weighted by Crippen LogP contribution is -2.48. The van der Waals surface area contributed by atoms with E-state index in [1.807, 2.05) is 18.7 Å². The summed E-state index contributed by atoms with van der Waals surface area (Å²) in [5, 5.41) is 5.29. The topological polar surface area (TPSA) is 54.5 Å². The van der Waals surface area contributed by atoms with Crippen molar-refractivity contribution in [3.05, 3.63) is 53.0 Å². The molecule has 2 aromatic heterocycles. The predicted molar refractivity (Wildman–Crippen MR) is 109 cm³/mol. The minimum atomic E-state index is 0.255. The van der Waals surface area contributed by atoms with Gasteiger partial charge in [-0.15, -0.1) is 0 Å². The molecule has 28 heavy (non-hydrogen) atoms. The average Bonchev–Trinajstić information content (AvgIpc) is 3.20. The molecule has 6 nitrogen and oxygen atoms in total. The molecular formula is C22H28N4O2. The molecule has 148 valence electrons. The van der Waals surface area contributed by atoms with Gasteiger partial charge >= 0.3 is 0 Å². The van der Waals surface area contributed by atoms with E-state index in [4.69, 9.17) is 4.52 Å². The van der Waals surface area contributed by atoms with Gasteiger partial charge < -0.3 is 14.0 Å². The Hall–Kier alpha value is -2.60. The summed E-state index contributed by atoms with van der Waals surface area (Å²) in [5.74, 6) is 1.15. The molecule has 3 aromatic rings. The molecule has 1 amide bonds. The van der Waals surface area contributed by atoms with E-state index in [0.29, 0.717) is 6.42 Å². The van der Waals surface area contributed by atoms with Gasteiger partial charge in [0.2, 0.25) is 5.91 Å². The van der Waals surface area contributed by atoms with E-state index in [-0.39, 0.29) is 5.91 Å². The Morgan fingerprint density at radius 3 is 2.61 bits per heavy atom. The second kappa shape index (κ2) is 7.80. The van der Waals surface area contributed by atoms with Gasteiger partial charge in [0.15, 0.2) is 0 Å². The number of fused-ring (bicyclic) bond motifs is 1. The SMILES string of the molecule is Cc1noc(C)c1CN1CCN(C(=O)CCc2cn(C)c3ccccc23)CC1. The summed E-state index contributed by atoms with van der Waals surface area (Å²) in [6.45, 7) is 8.16. The van der Waals surface area contributed by atoms with Crippen molar-refractivity contribution in [1.82, 2.24) is 19.5 Å². The molecule has 1 fully saturated rings. The second-order valence-electron chi connectivity index (χ2n) is 7.74. The lowest BCUT2D eigenvalue weighted by atomic mass is 10.1. The summed E-state index contributed by atoms with van der Waals surface area (Å²) in [4.78, 5) is 17.1. The van der Waals surface area contributed by atoms with Crippen LogP contribution in [0.3, 0.4) is 0 Å². The molecule has 0 aliphatic carbocycles. The Balaban J connectivity index is 1.30. The summed E-state index contributed by atoms with van der Waals surface area (Å²) in [7, 11) is 2.06. The van der Waals surface area contributed by atoms with Crippen LogP contribution in [0.4, 0.5) is 0 Å². The molecule has 6 heteroatoms. The number of benzene rings is 1. The molecule has 0 unspecified atom stereocenters. The Morgan fingerprint density at radius 1 is 1.14 bits per heavy atom. The Kier molecular flexibility index (Phi) is 5.22. The molecule has 0 N–H and O–H groups in total. The number of nitrogens with zero attached hydrogens (tertiary/aromatic N) is 4. The third-order valence-electron chi connectivity index (χ3n) is 5.88. The van der Waals surface area contributed by atoms with E-state index in [1.165, 1.54) is 22.0 Å². The number of hydrogen-bond donors (Lipinski definition) is 0. The molecule has 4 rings (SSSR count). The fraction of sp³-hybridized carbons (Fsp3) is 0.455. The minimum absolute atomic E-state index is 0.255. The van der Waals surface area contributed by atoms with Crippen molar-refractivity contribution < 1.29 is 9.32 Å². The first-order valence-corrected chi connectivity index (χ1v) is 9.97. The first kappa shape index (κ1) is 18.7. The molecule has 1 aromatic carbocycles. The highest BCUT2D eigenvalue weighted by atomic mass is 16.5. The van der Waals surface area contributed by atoms with E-state index in [0.717, 1.165) is 50.6 Å². The van der Waals surface area contributed by atoms with Crippen molar-refractivity contribution in [2.24, 2.45) is 7.05 Å². The second-order valence-corrected chi connectivity index (χ2v) is 7.74. The van der Waals surface area contributed by atoms with Crippen LogP contribution >= 0.6 is 0 Å². The molecule has 0 bridgehead atoms. The van der Waals surface area contributed by atoms with Crippen molar-refractivity contribution in [2.75, 3.05) is 26.2 Å². The monoisotopic (exact) mass is 380 g/mol. The van der Waals surface area contributed by atoms with E-state index >= 15 is 0 Å². The zero-order chi connectivity index (χ0) is 19.7. The van der Waals surface area contributed by atoms with Crippen LogP contribution in [0.25, 0.3) is 10.9 Å². The van der Waals surface area contributed by atoms with Crippen molar-refractivity contribution in [3.63, 3.8) is 0 Å². The lowest BCUT2D eigenvalue weighted by Gasteiger charge is -2.34. The van der Waals surface area contributed by atoms with Gasteiger partial charge in [-0.25, -0.2) is 0 Å². The van der Waals surface area contributed by atoms with Crippen molar-refractivity contribution >= 4 is 16.8 Å². The van der Waals surface area contributed by atoms with Gasteiger partial charge in [0.05, 0.1) is 5.69 Å². The first-order valence-electron chi connectivity index (χ1n) is 9.97. The molecule has 0 atom stereocenters. The van der Waals surface area contributed by atoms with Crippen LogP contribution in [0.2, 0.25) is 0 Å². The number of amides is 1. The molecule has 1 aliphatic heterocycles. The third kappa shape index (κ3) is 3.69. The highest BCUT2D eigenvalue weighted by Gasteiger charge is 2.23. The summed E-state index contributed by atoms with van der Waals surface area (Å²) < 4.78 is 7.40. The summed E-state index contributed by atoms with van der Waals surface area (Å²) in [5.41, 5.74) is 4.61. The Labute approximate surface area is 165 Å². The van der Waals surface area contributed by atoms with Gasteiger partial charge in [0.1, 0.15) is 5.76 Å². The third-order valence-corrected chi connectivity index (χ3v) is 5.88. The molecule has 0 saturated carbocycles. The van der Waals surface area contributed by atoms with E-state index in [2.05, 4.69) is 52.1 Å². The number of carbonyl (C=O) groups is 1. The molecule has 1 aliphatic rings. The maximum Gasteiger partial charge on any atom is 0.222 e. The van der Waals surface area contributed by atoms with Gasteiger partial charge in [-0.2, -0.15) is 0 Å². The van der Waals surface area contributed by atoms with E-state index in [9.17, 15) is 4.79 Å². The van der Waals surface area contributed by atoms with Gasteiger partial charge in [0.25, 0.3) is 0 Å². The molecule has 0 radical (unpaired) electrons. The normalized spacial score (nSPS) is 15.5. The maximum atomic E-state index is 12.7. The number of piperazine rings is 1. The van der Waals surface area contributed by atoms with Crippen LogP contribution in [0, 0.1) is 13.8 Å². The quantitative estimate of drug-likeness (QED) is 0.683. The van der Waals surface area contributed by atoms with Crippen LogP contribution < -0.4 is 0 Å². The van der Waals surface area contributed by atoms with Crippen LogP contribution in [0.1, 0.15) is 29.0 Å². The van der Waals surface area contributed by atoms with Crippen LogP contribution in [-0.4, -0.2) is 51.6 Å². The van der Waals surface area contributed by atoms with Crippen molar-refractivity contribution in [1.29, 1.82) is 0 Å². The van der Waals surface area contributed by atoms with Crippen molar-refractivity contribution in [3.8, 4) is 0 Å². The highest BCUT2D eigenvalue weighted by molar-refractivity contribution is 5.85. The molecule has 3 heterocycles. The summed E-state index contributed by atoms with van der Waals surface area (Å²) in [6, 6.07) is 8.38. The minimum Gasteiger partial charge on any atom is -0.361 e. The number of aromatic nitrogens is 2. The molecule has 1 saturated heterocycles. The number of carbonyl (C=O) groups excluding carboxylic acids is 1. The van der Waals surface area contributed by atoms with E-state index in [1.54, 1.807) is 0 Å². The van der Waals surface area contributed by atoms with Gasteiger partial charge in [-0.1, -0.05) is 23.4 Å². The fourth-order valence-electron chi connectivity index (χ4n) is 4.13. The number of para-hydroxylation sites is 1. The van der Waals surface area contributed by atoms with Gasteiger partial charge in [-0.3, -0.25) is 9.69 Å². The largest absolute Gasteiger partial charge is 0.361 e. The fourth-order valence-corrected chi connectivity index (χ4v) is 4.13. The zero-order valence-corrected chi connectivity index (χ0v) is 16.9. The van der Waals surface area contributed by atoms with E-state index < -0.39 is 0 Å². The van der Waals surface area contributed by atoms with Crippen molar-refractivity contribution in [2.45, 2.75) is 33.2 Å². The van der Waals surface area contributed by atoms with Crippen LogP contribution in [-0.2, 0) is 24.8 Å². The molecule has 0 spiro atoms. The first-order chi connectivity index (χ1) is 13.5. The Bertz CT molecular complexity index is 960. The lowest BCUT2D eigenvalue weighted by molar-refractivity contribution is -0.133. The van der Waals surface area contributed by atoms with Crippen LogP contribution in [0.15, 0.2) is 35.0 Å². The van der Waals surface area contributed by atoms with Gasteiger partial charge in [0, 0.05) is 68.9 Å². The number of rotatable bonds is 5. The number of aryl methyl sites for hydroxylation is 4. The molecular weight excluding hydrogens is 352 g/mol. The van der Waals surface area contributed by atoms with Crippen LogP contribution in [0.5, 0.6) is 0 Å². The average molecular weight is 380 g/mol. The summed E-state index contributed by atoms with van der Waals surface area (Å²) >= 11 is 0. The maximum absolute atomic E-state index is 12.7. The zero-order valence-electron chi connectivity index (χ0n) is 16.9. The number of hydrogen-bond acceptors (Lipinski definition) is 4. The highest BCUT2D eigenvalue weighted by Crippen LogP contribution is 2.22. The van der Waals surface area contributed by atoms with Gasteiger partial charge in [-0.05, 0) is 31.9 Å². The smallest absolute Gasteiger partial charge is 0.222 e. The Morgan fingerprint density at radius 2 is 1.89 bits per heavy atom.